The van der Waals surface area contributed by atoms with Crippen LogP contribution < -0.4 is 10.9 Å². The summed E-state index contributed by atoms with van der Waals surface area (Å²) in [7, 11) is 0. The molecule has 27 heavy (non-hydrogen) atoms. The summed E-state index contributed by atoms with van der Waals surface area (Å²) in [6, 6.07) is 0. The van der Waals surface area contributed by atoms with Crippen molar-refractivity contribution in [2.24, 2.45) is 0 Å². The summed E-state index contributed by atoms with van der Waals surface area (Å²) in [6.07, 6.45) is 12.9. The Morgan fingerprint density at radius 3 is 2.93 bits per heavy atom. The molecule has 1 aliphatic carbocycles. The second-order valence-corrected chi connectivity index (χ2v) is 8.30. The van der Waals surface area contributed by atoms with Gasteiger partial charge in [-0.2, -0.15) is 0 Å². The molecule has 0 atom stereocenters. The van der Waals surface area contributed by atoms with Crippen LogP contribution in [-0.4, -0.2) is 22.0 Å². The third kappa shape index (κ3) is 4.67. The first-order valence-corrected chi connectivity index (χ1v) is 10.9. The van der Waals surface area contributed by atoms with E-state index in [0.717, 1.165) is 44.1 Å². The number of allylic oxidation sites excluding steroid dienone is 1. The SMILES string of the molecule is CCCCCn1cnc2sc(C(=O)NCCC3=CCCCC3)c(C)c2c1=O. The minimum Gasteiger partial charge on any atom is -0.351 e. The van der Waals surface area contributed by atoms with Crippen molar-refractivity contribution in [3.63, 3.8) is 0 Å². The summed E-state index contributed by atoms with van der Waals surface area (Å²) in [5.41, 5.74) is 2.18. The molecule has 0 unspecified atom stereocenters. The number of hydrogen-bond donors (Lipinski definition) is 1. The van der Waals surface area contributed by atoms with Gasteiger partial charge in [-0.3, -0.25) is 14.2 Å². The van der Waals surface area contributed by atoms with Crippen LogP contribution in [0, 0.1) is 6.92 Å². The van der Waals surface area contributed by atoms with Crippen LogP contribution in [0.5, 0.6) is 0 Å². The van der Waals surface area contributed by atoms with Crippen molar-refractivity contribution in [2.75, 3.05) is 6.54 Å². The van der Waals surface area contributed by atoms with E-state index in [1.54, 1.807) is 10.9 Å². The van der Waals surface area contributed by atoms with Gasteiger partial charge in [0.2, 0.25) is 0 Å². The first-order valence-electron chi connectivity index (χ1n) is 10.1. The van der Waals surface area contributed by atoms with Crippen LogP contribution in [0.15, 0.2) is 22.8 Å². The van der Waals surface area contributed by atoms with Crippen molar-refractivity contribution in [2.45, 2.75) is 71.8 Å². The number of aryl methyl sites for hydroxylation is 2. The number of nitrogens with one attached hydrogen (secondary N) is 1. The minimum absolute atomic E-state index is 0.0312. The Morgan fingerprint density at radius 2 is 2.19 bits per heavy atom. The van der Waals surface area contributed by atoms with E-state index in [0.29, 0.717) is 28.2 Å². The van der Waals surface area contributed by atoms with E-state index in [4.69, 9.17) is 0 Å². The number of amides is 1. The monoisotopic (exact) mass is 387 g/mol. The van der Waals surface area contributed by atoms with Gasteiger partial charge in [-0.15, -0.1) is 11.3 Å². The molecule has 0 fully saturated rings. The van der Waals surface area contributed by atoms with E-state index in [9.17, 15) is 9.59 Å². The molecule has 6 heteroatoms. The average Bonchev–Trinajstić information content (AvgIpc) is 3.02. The van der Waals surface area contributed by atoms with Crippen LogP contribution in [0.1, 0.15) is 73.5 Å². The highest BCUT2D eigenvalue weighted by Crippen LogP contribution is 2.27. The number of fused-ring (bicyclic) bond motifs is 1. The zero-order chi connectivity index (χ0) is 19.2. The van der Waals surface area contributed by atoms with Crippen molar-refractivity contribution in [1.82, 2.24) is 14.9 Å². The summed E-state index contributed by atoms with van der Waals surface area (Å²) in [5, 5.41) is 3.61. The number of aromatic nitrogens is 2. The lowest BCUT2D eigenvalue weighted by Gasteiger charge is -2.12. The second kappa shape index (κ2) is 9.31. The number of carbonyl (C=O) groups is 1. The van der Waals surface area contributed by atoms with E-state index in [2.05, 4.69) is 23.3 Å². The fourth-order valence-corrected chi connectivity index (χ4v) is 4.67. The molecule has 146 valence electrons. The third-order valence-electron chi connectivity index (χ3n) is 5.24. The van der Waals surface area contributed by atoms with Gasteiger partial charge in [0.1, 0.15) is 4.83 Å². The summed E-state index contributed by atoms with van der Waals surface area (Å²) in [5.74, 6) is -0.0937. The molecular weight excluding hydrogens is 358 g/mol. The standard InChI is InChI=1S/C21H29N3O2S/c1-3-4-8-13-24-14-23-20-17(21(24)26)15(2)18(27-20)19(25)22-12-11-16-9-6-5-7-10-16/h9,14H,3-8,10-13H2,1-2H3,(H,22,25). The zero-order valence-electron chi connectivity index (χ0n) is 16.3. The maximum atomic E-state index is 12.8. The highest BCUT2D eigenvalue weighted by Gasteiger charge is 2.19. The number of carbonyl (C=O) groups excluding carboxylic acids is 1. The second-order valence-electron chi connectivity index (χ2n) is 7.30. The van der Waals surface area contributed by atoms with Crippen molar-refractivity contribution < 1.29 is 4.79 Å². The van der Waals surface area contributed by atoms with Crippen molar-refractivity contribution in [3.8, 4) is 0 Å². The van der Waals surface area contributed by atoms with Gasteiger partial charge in [0.25, 0.3) is 11.5 Å². The number of rotatable bonds is 8. The molecule has 3 rings (SSSR count). The maximum Gasteiger partial charge on any atom is 0.262 e. The molecule has 1 N–H and O–H groups in total. The Balaban J connectivity index is 1.71. The number of nitrogens with zero attached hydrogens (tertiary/aromatic N) is 2. The van der Waals surface area contributed by atoms with Gasteiger partial charge in [0.15, 0.2) is 0 Å². The van der Waals surface area contributed by atoms with Crippen molar-refractivity contribution in [1.29, 1.82) is 0 Å². The molecular formula is C21H29N3O2S. The van der Waals surface area contributed by atoms with Crippen LogP contribution >= 0.6 is 11.3 Å². The molecule has 1 amide bonds. The molecule has 0 aromatic carbocycles. The van der Waals surface area contributed by atoms with E-state index in [1.807, 2.05) is 6.92 Å². The Kier molecular flexibility index (Phi) is 6.83. The molecule has 0 spiro atoms. The summed E-state index contributed by atoms with van der Waals surface area (Å²) < 4.78 is 1.68. The maximum absolute atomic E-state index is 12.8. The first-order chi connectivity index (χ1) is 13.1. The molecule has 5 nitrogen and oxygen atoms in total. The van der Waals surface area contributed by atoms with Crippen molar-refractivity contribution >= 4 is 27.5 Å². The lowest BCUT2D eigenvalue weighted by molar-refractivity contribution is 0.0957. The smallest absolute Gasteiger partial charge is 0.262 e. The first kappa shape index (κ1) is 19.8. The Hall–Kier alpha value is -1.95. The van der Waals surface area contributed by atoms with E-state index < -0.39 is 0 Å². The Labute approximate surface area is 164 Å². The van der Waals surface area contributed by atoms with Gasteiger partial charge in [0.05, 0.1) is 16.6 Å². The number of hydrogen-bond acceptors (Lipinski definition) is 4. The average molecular weight is 388 g/mol. The van der Waals surface area contributed by atoms with Crippen molar-refractivity contribution in [3.05, 3.63) is 38.8 Å². The topological polar surface area (TPSA) is 64.0 Å². The van der Waals surface area contributed by atoms with Gasteiger partial charge in [-0.25, -0.2) is 4.98 Å². The highest BCUT2D eigenvalue weighted by atomic mass is 32.1. The van der Waals surface area contributed by atoms with Gasteiger partial charge in [0, 0.05) is 13.1 Å². The van der Waals surface area contributed by atoms with E-state index in [1.165, 1.54) is 29.8 Å². The molecule has 2 aromatic heterocycles. The van der Waals surface area contributed by atoms with Gasteiger partial charge in [-0.05, 0) is 51.0 Å². The summed E-state index contributed by atoms with van der Waals surface area (Å²) in [6.45, 7) is 5.33. The lowest BCUT2D eigenvalue weighted by Crippen LogP contribution is -2.25. The van der Waals surface area contributed by atoms with Crippen LogP contribution in [0.4, 0.5) is 0 Å². The normalized spacial score (nSPS) is 14.4. The fraction of sp³-hybridized carbons (Fsp3) is 0.571. The predicted molar refractivity (Wildman–Crippen MR) is 112 cm³/mol. The van der Waals surface area contributed by atoms with E-state index in [-0.39, 0.29) is 11.5 Å². The molecule has 1 aliphatic rings. The highest BCUT2D eigenvalue weighted by molar-refractivity contribution is 7.20. The number of thiophene rings is 1. The quantitative estimate of drug-likeness (QED) is 0.533. The van der Waals surface area contributed by atoms with Crippen LogP contribution in [0.2, 0.25) is 0 Å². The van der Waals surface area contributed by atoms with Crippen LogP contribution in [0.25, 0.3) is 10.2 Å². The Morgan fingerprint density at radius 1 is 1.33 bits per heavy atom. The predicted octanol–water partition coefficient (Wildman–Crippen LogP) is 4.58. The molecule has 0 aliphatic heterocycles. The van der Waals surface area contributed by atoms with Gasteiger partial charge >= 0.3 is 0 Å². The number of unbranched alkanes of at least 4 members (excludes halogenated alkanes) is 2. The summed E-state index contributed by atoms with van der Waals surface area (Å²) in [4.78, 5) is 31.1. The largest absolute Gasteiger partial charge is 0.351 e. The molecule has 0 saturated carbocycles. The molecule has 0 saturated heterocycles. The zero-order valence-corrected chi connectivity index (χ0v) is 17.2. The minimum atomic E-state index is -0.0937. The molecule has 0 bridgehead atoms. The fourth-order valence-electron chi connectivity index (χ4n) is 3.62. The van der Waals surface area contributed by atoms with Gasteiger partial charge < -0.3 is 5.32 Å². The molecule has 2 heterocycles. The van der Waals surface area contributed by atoms with Crippen LogP contribution in [0.3, 0.4) is 0 Å². The molecule has 2 aromatic rings. The lowest BCUT2D eigenvalue weighted by atomic mass is 9.97. The Bertz CT molecular complexity index is 895. The third-order valence-corrected chi connectivity index (χ3v) is 6.44. The van der Waals surface area contributed by atoms with Crippen LogP contribution in [-0.2, 0) is 6.54 Å². The van der Waals surface area contributed by atoms with E-state index >= 15 is 0 Å². The van der Waals surface area contributed by atoms with Gasteiger partial charge in [-0.1, -0.05) is 31.4 Å². The summed E-state index contributed by atoms with van der Waals surface area (Å²) >= 11 is 1.32. The molecule has 0 radical (unpaired) electrons.